The third kappa shape index (κ3) is 4.33. The minimum atomic E-state index is -0.787. The van der Waals surface area contributed by atoms with Gasteiger partial charge in [-0.05, 0) is 18.6 Å². The van der Waals surface area contributed by atoms with Crippen molar-refractivity contribution in [3.63, 3.8) is 0 Å². The Hall–Kier alpha value is -0.870. The highest BCUT2D eigenvalue weighted by molar-refractivity contribution is 5.85. The number of hydrogen-bond acceptors (Lipinski definition) is 2. The van der Waals surface area contributed by atoms with Crippen molar-refractivity contribution in [2.75, 3.05) is 6.54 Å². The van der Waals surface area contributed by atoms with Crippen LogP contribution >= 0.6 is 12.4 Å². The van der Waals surface area contributed by atoms with E-state index < -0.39 is 6.17 Å². The lowest BCUT2D eigenvalue weighted by atomic mass is 10.2. The molecule has 2 N–H and O–H groups in total. The number of benzene rings is 1. The Morgan fingerprint density at radius 3 is 2.31 bits per heavy atom. The third-order valence-electron chi connectivity index (χ3n) is 2.12. The van der Waals surface area contributed by atoms with E-state index in [0.717, 1.165) is 0 Å². The molecule has 0 aliphatic carbocycles. The smallest absolute Gasteiger partial charge is 0.133 e. The maximum atomic E-state index is 12.6. The second kappa shape index (κ2) is 7.41. The standard InChI is InChI=1S/C7H5FO.C4H10FN.ClH/c8-7-3-6-2-1-5(7)4-9-6;1-2-4(5)3-6;/h1-3H,4H2;4H,2-3,6H2,1H3;1H. The second-order valence-corrected chi connectivity index (χ2v) is 3.28. The van der Waals surface area contributed by atoms with Crippen LogP contribution < -0.4 is 10.5 Å². The van der Waals surface area contributed by atoms with Crippen LogP contribution in [-0.4, -0.2) is 12.7 Å². The normalized spacial score (nSPS) is 13.0. The molecule has 5 heteroatoms. The van der Waals surface area contributed by atoms with Crippen LogP contribution in [-0.2, 0) is 6.61 Å². The van der Waals surface area contributed by atoms with E-state index in [0.29, 0.717) is 24.3 Å². The molecule has 0 spiro atoms. The fourth-order valence-electron chi connectivity index (χ4n) is 1.06. The van der Waals surface area contributed by atoms with Gasteiger partial charge >= 0.3 is 0 Å². The van der Waals surface area contributed by atoms with Gasteiger partial charge in [-0.1, -0.05) is 6.92 Å². The van der Waals surface area contributed by atoms with Gasteiger partial charge in [0, 0.05) is 18.2 Å². The number of ether oxygens (including phenoxy) is 1. The highest BCUT2D eigenvalue weighted by Crippen LogP contribution is 2.23. The Morgan fingerprint density at radius 1 is 1.50 bits per heavy atom. The van der Waals surface area contributed by atoms with E-state index in [2.05, 4.69) is 0 Å². The molecular weight excluding hydrogens is 236 g/mol. The fraction of sp³-hybridized carbons (Fsp3) is 0.455. The van der Waals surface area contributed by atoms with Gasteiger partial charge in [-0.25, -0.2) is 8.78 Å². The van der Waals surface area contributed by atoms with Crippen molar-refractivity contribution >= 4 is 12.4 Å². The van der Waals surface area contributed by atoms with Crippen molar-refractivity contribution in [3.05, 3.63) is 29.6 Å². The molecular formula is C11H16ClF2NO. The minimum absolute atomic E-state index is 0. The first-order chi connectivity index (χ1) is 7.17. The molecule has 1 aromatic rings. The van der Waals surface area contributed by atoms with Crippen LogP contribution in [0.4, 0.5) is 8.78 Å². The topological polar surface area (TPSA) is 35.2 Å². The molecule has 0 amide bonds. The van der Waals surface area contributed by atoms with Gasteiger partial charge in [0.25, 0.3) is 0 Å². The van der Waals surface area contributed by atoms with Gasteiger partial charge in [-0.2, -0.15) is 0 Å². The van der Waals surface area contributed by atoms with E-state index >= 15 is 0 Å². The summed E-state index contributed by atoms with van der Waals surface area (Å²) in [6.45, 7) is 2.34. The molecule has 1 aromatic carbocycles. The summed E-state index contributed by atoms with van der Waals surface area (Å²) in [5, 5.41) is 0. The van der Waals surface area contributed by atoms with Gasteiger partial charge in [0.05, 0.1) is 0 Å². The number of nitrogens with two attached hydrogens (primary N) is 1. The minimum Gasteiger partial charge on any atom is -0.489 e. The highest BCUT2D eigenvalue weighted by Gasteiger charge is 2.10. The Kier molecular flexibility index (Phi) is 7.01. The average molecular weight is 252 g/mol. The third-order valence-corrected chi connectivity index (χ3v) is 2.12. The number of fused-ring (bicyclic) bond motifs is 3. The number of hydrogen-bond donors (Lipinski definition) is 1. The monoisotopic (exact) mass is 251 g/mol. The average Bonchev–Trinajstić information content (AvgIpc) is 2.30. The molecule has 1 atom stereocenters. The lowest BCUT2D eigenvalue weighted by Crippen LogP contribution is -2.13. The van der Waals surface area contributed by atoms with Crippen molar-refractivity contribution < 1.29 is 13.5 Å². The number of rotatable bonds is 2. The molecule has 2 bridgehead atoms. The van der Waals surface area contributed by atoms with Gasteiger partial charge in [0.15, 0.2) is 0 Å². The summed E-state index contributed by atoms with van der Waals surface area (Å²) in [5.74, 6) is 0.473. The predicted octanol–water partition coefficient (Wildman–Crippen LogP) is 2.83. The molecule has 92 valence electrons. The SMILES string of the molecule is CCC(F)CN.Cl.Fc1cc2ccc1CO2. The van der Waals surface area contributed by atoms with Crippen molar-refractivity contribution in [1.29, 1.82) is 0 Å². The Labute approximate surface area is 100 Å². The van der Waals surface area contributed by atoms with Crippen LogP contribution in [0, 0.1) is 5.82 Å². The van der Waals surface area contributed by atoms with Crippen molar-refractivity contribution in [2.45, 2.75) is 26.1 Å². The highest BCUT2D eigenvalue weighted by atomic mass is 35.5. The van der Waals surface area contributed by atoms with E-state index in [-0.39, 0.29) is 24.8 Å². The fourth-order valence-corrected chi connectivity index (χ4v) is 1.06. The summed E-state index contributed by atoms with van der Waals surface area (Å²) < 4.78 is 29.3. The summed E-state index contributed by atoms with van der Waals surface area (Å²) in [5.41, 5.74) is 5.55. The molecule has 1 unspecified atom stereocenters. The molecule has 0 saturated carbocycles. The number of alkyl halides is 1. The zero-order valence-electron chi connectivity index (χ0n) is 9.08. The Bertz CT molecular complexity index is 319. The van der Waals surface area contributed by atoms with Gasteiger partial charge in [-0.15, -0.1) is 12.4 Å². The first kappa shape index (κ1) is 15.1. The van der Waals surface area contributed by atoms with Crippen LogP contribution in [0.2, 0.25) is 0 Å². The molecule has 0 saturated heterocycles. The van der Waals surface area contributed by atoms with E-state index in [1.165, 1.54) is 6.07 Å². The molecule has 2 aliphatic rings. The van der Waals surface area contributed by atoms with Crippen molar-refractivity contribution in [1.82, 2.24) is 0 Å². The summed E-state index contributed by atoms with van der Waals surface area (Å²) in [6, 6.07) is 4.91. The predicted molar refractivity (Wildman–Crippen MR) is 62.2 cm³/mol. The summed E-state index contributed by atoms with van der Waals surface area (Å²) in [6.07, 6.45) is -0.249. The van der Waals surface area contributed by atoms with Gasteiger partial charge in [-0.3, -0.25) is 0 Å². The molecule has 3 rings (SSSR count). The van der Waals surface area contributed by atoms with E-state index in [9.17, 15) is 8.78 Å². The summed E-state index contributed by atoms with van der Waals surface area (Å²) in [4.78, 5) is 0. The summed E-state index contributed by atoms with van der Waals surface area (Å²) >= 11 is 0. The van der Waals surface area contributed by atoms with Crippen molar-refractivity contribution in [2.24, 2.45) is 5.73 Å². The largest absolute Gasteiger partial charge is 0.489 e. The van der Waals surface area contributed by atoms with Gasteiger partial charge < -0.3 is 10.5 Å². The van der Waals surface area contributed by atoms with Crippen LogP contribution in [0.25, 0.3) is 0 Å². The summed E-state index contributed by atoms with van der Waals surface area (Å²) in [7, 11) is 0. The molecule has 0 radical (unpaired) electrons. The maximum Gasteiger partial charge on any atom is 0.133 e. The quantitative estimate of drug-likeness (QED) is 0.877. The molecule has 0 aromatic heterocycles. The first-order valence-corrected chi connectivity index (χ1v) is 4.92. The molecule has 2 aliphatic heterocycles. The van der Waals surface area contributed by atoms with Crippen LogP contribution in [0.5, 0.6) is 5.75 Å². The second-order valence-electron chi connectivity index (χ2n) is 3.28. The van der Waals surface area contributed by atoms with Gasteiger partial charge in [0.1, 0.15) is 24.3 Å². The lowest BCUT2D eigenvalue weighted by Gasteiger charge is -2.13. The van der Waals surface area contributed by atoms with E-state index in [4.69, 9.17) is 10.5 Å². The molecule has 0 fully saturated rings. The number of halogens is 3. The van der Waals surface area contributed by atoms with Crippen LogP contribution in [0.15, 0.2) is 18.2 Å². The maximum absolute atomic E-state index is 12.6. The van der Waals surface area contributed by atoms with E-state index in [1.54, 1.807) is 19.1 Å². The van der Waals surface area contributed by atoms with Crippen LogP contribution in [0.3, 0.4) is 0 Å². The Morgan fingerprint density at radius 2 is 2.19 bits per heavy atom. The zero-order valence-corrected chi connectivity index (χ0v) is 9.90. The Balaban J connectivity index is 0.000000289. The van der Waals surface area contributed by atoms with Crippen molar-refractivity contribution in [3.8, 4) is 5.75 Å². The molecule has 2 nitrogen and oxygen atoms in total. The van der Waals surface area contributed by atoms with Gasteiger partial charge in [0.2, 0.25) is 0 Å². The van der Waals surface area contributed by atoms with Crippen LogP contribution in [0.1, 0.15) is 18.9 Å². The lowest BCUT2D eigenvalue weighted by molar-refractivity contribution is 0.282. The van der Waals surface area contributed by atoms with E-state index in [1.807, 2.05) is 0 Å². The first-order valence-electron chi connectivity index (χ1n) is 4.92. The molecule has 16 heavy (non-hydrogen) atoms. The zero-order chi connectivity index (χ0) is 11.3. The molecule has 2 heterocycles.